The number of likely N-dealkylation sites (tertiary alicyclic amines) is 1. The van der Waals surface area contributed by atoms with Gasteiger partial charge in [0.15, 0.2) is 0 Å². The van der Waals surface area contributed by atoms with E-state index in [0.717, 1.165) is 50.9 Å². The van der Waals surface area contributed by atoms with Crippen LogP contribution in [0.3, 0.4) is 0 Å². The molecule has 1 unspecified atom stereocenters. The summed E-state index contributed by atoms with van der Waals surface area (Å²) in [5, 5.41) is 7.88. The molecule has 2 aromatic rings. The molecular formula is C25H34N4O3. The fourth-order valence-electron chi connectivity index (χ4n) is 6.45. The monoisotopic (exact) mass is 438 g/mol. The summed E-state index contributed by atoms with van der Waals surface area (Å²) in [4.78, 5) is 5.00. The quantitative estimate of drug-likeness (QED) is 0.702. The summed E-state index contributed by atoms with van der Waals surface area (Å²) < 4.78 is 17.3. The first-order chi connectivity index (χ1) is 15.8. The summed E-state index contributed by atoms with van der Waals surface area (Å²) in [7, 11) is 0. The molecule has 0 amide bonds. The molecule has 1 saturated carbocycles. The van der Waals surface area contributed by atoms with Crippen molar-refractivity contribution in [1.29, 1.82) is 0 Å². The van der Waals surface area contributed by atoms with E-state index in [1.54, 1.807) is 0 Å². The van der Waals surface area contributed by atoms with Crippen molar-refractivity contribution >= 4 is 6.01 Å². The van der Waals surface area contributed by atoms with Crippen LogP contribution in [0, 0.1) is 5.41 Å². The lowest BCUT2D eigenvalue weighted by Crippen LogP contribution is -2.56. The lowest BCUT2D eigenvalue weighted by atomic mass is 9.78. The second kappa shape index (κ2) is 8.67. The van der Waals surface area contributed by atoms with Gasteiger partial charge in [-0.25, -0.2) is 0 Å². The van der Waals surface area contributed by atoms with Crippen molar-refractivity contribution in [1.82, 2.24) is 15.1 Å². The molecule has 172 valence electrons. The van der Waals surface area contributed by atoms with Crippen LogP contribution in [0.5, 0.6) is 5.75 Å². The molecule has 0 N–H and O–H groups in total. The largest absolute Gasteiger partial charge is 0.490 e. The summed E-state index contributed by atoms with van der Waals surface area (Å²) in [6, 6.07) is 10.2. The third-order valence-electron chi connectivity index (χ3n) is 8.21. The summed E-state index contributed by atoms with van der Waals surface area (Å²) in [5.74, 6) is 1.71. The van der Waals surface area contributed by atoms with E-state index in [-0.39, 0.29) is 0 Å². The number of hydrogen-bond donors (Lipinski definition) is 0. The van der Waals surface area contributed by atoms with Crippen molar-refractivity contribution in [2.24, 2.45) is 5.41 Å². The maximum atomic E-state index is 6.44. The molecule has 4 heterocycles. The van der Waals surface area contributed by atoms with Crippen LogP contribution >= 0.6 is 0 Å². The highest BCUT2D eigenvalue weighted by Gasteiger charge is 2.50. The lowest BCUT2D eigenvalue weighted by molar-refractivity contribution is 0.0248. The fraction of sp³-hybridized carbons (Fsp3) is 0.680. The molecule has 4 aliphatic rings. The number of hydrogen-bond acceptors (Lipinski definition) is 7. The molecule has 1 aliphatic carbocycles. The topological polar surface area (TPSA) is 63.9 Å². The minimum absolute atomic E-state index is 0.300. The fourth-order valence-corrected chi connectivity index (χ4v) is 6.45. The van der Waals surface area contributed by atoms with Crippen LogP contribution in [-0.2, 0) is 4.74 Å². The number of anilines is 1. The average Bonchev–Trinajstić information content (AvgIpc) is 3.50. The van der Waals surface area contributed by atoms with E-state index >= 15 is 0 Å². The Labute approximate surface area is 190 Å². The van der Waals surface area contributed by atoms with Gasteiger partial charge in [0.25, 0.3) is 0 Å². The maximum absolute atomic E-state index is 6.44. The highest BCUT2D eigenvalue weighted by atomic mass is 16.5. The van der Waals surface area contributed by atoms with Gasteiger partial charge in [-0.2, -0.15) is 0 Å². The number of benzene rings is 1. The number of rotatable bonds is 5. The van der Waals surface area contributed by atoms with Gasteiger partial charge in [0.1, 0.15) is 11.9 Å². The van der Waals surface area contributed by atoms with Crippen LogP contribution in [0.4, 0.5) is 6.01 Å². The number of nitrogens with zero attached hydrogens (tertiary/aromatic N) is 4. The zero-order chi connectivity index (χ0) is 21.4. The number of aromatic nitrogens is 2. The second-order valence-corrected chi connectivity index (χ2v) is 10.3. The summed E-state index contributed by atoms with van der Waals surface area (Å²) in [6.45, 7) is 6.18. The van der Waals surface area contributed by atoms with Crippen LogP contribution < -0.4 is 9.64 Å². The summed E-state index contributed by atoms with van der Waals surface area (Å²) in [5.41, 5.74) is 1.87. The number of piperidine rings is 1. The van der Waals surface area contributed by atoms with E-state index in [0.29, 0.717) is 23.5 Å². The Balaban J connectivity index is 1.03. The number of para-hydroxylation sites is 1. The van der Waals surface area contributed by atoms with Crippen molar-refractivity contribution in [3.05, 3.63) is 36.2 Å². The van der Waals surface area contributed by atoms with Crippen LogP contribution in [0.15, 0.2) is 35.1 Å². The van der Waals surface area contributed by atoms with Crippen molar-refractivity contribution < 1.29 is 13.9 Å². The molecule has 1 aromatic carbocycles. The Hall–Kier alpha value is -2.12. The van der Waals surface area contributed by atoms with Crippen LogP contribution in [0.25, 0.3) is 0 Å². The molecular weight excluding hydrogens is 404 g/mol. The zero-order valence-corrected chi connectivity index (χ0v) is 18.8. The Morgan fingerprint density at radius 1 is 1.00 bits per heavy atom. The standard InChI is InChI=1S/C25H34N4O3/c1-2-4-23(32-21-8-13-30-14-9-21)22(3-1)19-6-11-28(12-7-19)20-5-10-25(15-20)16-29(17-25)24-27-26-18-31-24/h1-4,18-21H,5-17H2. The normalized spacial score (nSPS) is 27.0. The molecule has 3 saturated heterocycles. The summed E-state index contributed by atoms with van der Waals surface area (Å²) in [6.07, 6.45) is 10.1. The molecule has 7 nitrogen and oxygen atoms in total. The minimum Gasteiger partial charge on any atom is -0.490 e. The molecule has 4 fully saturated rings. The molecule has 1 atom stereocenters. The van der Waals surface area contributed by atoms with Gasteiger partial charge in [-0.05, 0) is 62.7 Å². The molecule has 3 aliphatic heterocycles. The lowest BCUT2D eigenvalue weighted by Gasteiger charge is -2.48. The van der Waals surface area contributed by atoms with E-state index in [9.17, 15) is 0 Å². The molecule has 1 aromatic heterocycles. The molecule has 1 spiro atoms. The highest BCUT2D eigenvalue weighted by molar-refractivity contribution is 5.37. The van der Waals surface area contributed by atoms with Gasteiger partial charge in [0.05, 0.1) is 13.2 Å². The van der Waals surface area contributed by atoms with E-state index in [1.807, 2.05) is 0 Å². The van der Waals surface area contributed by atoms with E-state index in [2.05, 4.69) is 44.3 Å². The van der Waals surface area contributed by atoms with Gasteiger partial charge >= 0.3 is 6.01 Å². The van der Waals surface area contributed by atoms with E-state index in [1.165, 1.54) is 57.2 Å². The van der Waals surface area contributed by atoms with Gasteiger partial charge in [-0.1, -0.05) is 23.3 Å². The molecule has 0 bridgehead atoms. The Bertz CT molecular complexity index is 884. The SMILES string of the molecule is c1ccc(C2CCN(C3CCC4(C3)CN(c3nnco3)C4)CC2)c(OC2CCOCC2)c1. The smallest absolute Gasteiger partial charge is 0.317 e. The predicted octanol–water partition coefficient (Wildman–Crippen LogP) is 3.87. The number of ether oxygens (including phenoxy) is 2. The molecule has 0 radical (unpaired) electrons. The molecule has 7 heteroatoms. The molecule has 32 heavy (non-hydrogen) atoms. The summed E-state index contributed by atoms with van der Waals surface area (Å²) >= 11 is 0. The van der Waals surface area contributed by atoms with Crippen molar-refractivity contribution in [2.45, 2.75) is 63.0 Å². The molecule has 6 rings (SSSR count). The average molecular weight is 439 g/mol. The second-order valence-electron chi connectivity index (χ2n) is 10.3. The van der Waals surface area contributed by atoms with Crippen molar-refractivity contribution in [3.63, 3.8) is 0 Å². The third-order valence-corrected chi connectivity index (χ3v) is 8.21. The first-order valence-corrected chi connectivity index (χ1v) is 12.4. The Kier molecular flexibility index (Phi) is 5.55. The first kappa shape index (κ1) is 20.5. The van der Waals surface area contributed by atoms with Crippen LogP contribution in [0.1, 0.15) is 56.4 Å². The minimum atomic E-state index is 0.300. The van der Waals surface area contributed by atoms with Gasteiger partial charge in [0, 0.05) is 37.4 Å². The van der Waals surface area contributed by atoms with E-state index in [4.69, 9.17) is 13.9 Å². The Morgan fingerprint density at radius 2 is 1.81 bits per heavy atom. The van der Waals surface area contributed by atoms with Gasteiger partial charge in [-0.3, -0.25) is 0 Å². The first-order valence-electron chi connectivity index (χ1n) is 12.4. The van der Waals surface area contributed by atoms with Crippen molar-refractivity contribution in [3.8, 4) is 5.75 Å². The van der Waals surface area contributed by atoms with Gasteiger partial charge in [-0.15, -0.1) is 5.10 Å². The predicted molar refractivity (Wildman–Crippen MR) is 121 cm³/mol. The maximum Gasteiger partial charge on any atom is 0.317 e. The van der Waals surface area contributed by atoms with E-state index < -0.39 is 0 Å². The Morgan fingerprint density at radius 3 is 2.59 bits per heavy atom. The highest BCUT2D eigenvalue weighted by Crippen LogP contribution is 2.49. The van der Waals surface area contributed by atoms with Crippen molar-refractivity contribution in [2.75, 3.05) is 44.3 Å². The van der Waals surface area contributed by atoms with Gasteiger partial charge in [0.2, 0.25) is 6.39 Å². The van der Waals surface area contributed by atoms with Crippen LogP contribution in [0.2, 0.25) is 0 Å². The third kappa shape index (κ3) is 4.01. The van der Waals surface area contributed by atoms with Gasteiger partial charge < -0.3 is 23.7 Å². The van der Waals surface area contributed by atoms with Crippen LogP contribution in [-0.4, -0.2) is 66.6 Å². The zero-order valence-electron chi connectivity index (χ0n) is 18.8.